The predicted octanol–water partition coefficient (Wildman–Crippen LogP) is 5.17. The van der Waals surface area contributed by atoms with E-state index in [1.165, 1.54) is 0 Å². The van der Waals surface area contributed by atoms with Crippen LogP contribution in [0.1, 0.15) is 17.9 Å². The van der Waals surface area contributed by atoms with Crippen molar-refractivity contribution in [1.82, 2.24) is 24.9 Å². The molecule has 0 bridgehead atoms. The molecule has 1 fully saturated rings. The molecule has 2 N–H and O–H groups in total. The lowest BCUT2D eigenvalue weighted by molar-refractivity contribution is 0.121. The number of hydrogen-bond acceptors (Lipinski definition) is 12. The normalized spacial score (nSPS) is 18.3. The molecule has 1 saturated heterocycles. The van der Waals surface area contributed by atoms with Crippen molar-refractivity contribution in [3.8, 4) is 5.75 Å². The Hall–Kier alpha value is -3.80. The first kappa shape index (κ1) is 30.2. The minimum Gasteiger partial charge on any atom is -0.494 e. The Morgan fingerprint density at radius 3 is 2.57 bits per heavy atom. The van der Waals surface area contributed by atoms with Crippen LogP contribution >= 0.6 is 23.1 Å². The molecule has 2 aliphatic rings. The third-order valence-electron chi connectivity index (χ3n) is 7.87. The number of fused-ring (bicyclic) bond motifs is 1. The van der Waals surface area contributed by atoms with Gasteiger partial charge in [0.05, 0.1) is 39.9 Å². The molecule has 12 nitrogen and oxygen atoms in total. The Balaban J connectivity index is 1.36. The van der Waals surface area contributed by atoms with Crippen LogP contribution in [-0.4, -0.2) is 91.5 Å². The summed E-state index contributed by atoms with van der Waals surface area (Å²) in [6.07, 6.45) is 8.05. The molecule has 4 aromatic rings. The van der Waals surface area contributed by atoms with Gasteiger partial charge in [-0.05, 0) is 59.4 Å². The number of benzene rings is 2. The molecule has 6 rings (SSSR count). The molecule has 2 aromatic heterocycles. The maximum Gasteiger partial charge on any atom is 0.229 e. The van der Waals surface area contributed by atoms with Crippen LogP contribution in [-0.2, 0) is 9.30 Å². The van der Waals surface area contributed by atoms with Crippen molar-refractivity contribution >= 4 is 74.5 Å². The number of hydrogen-bond donors (Lipinski definition) is 2. The molecule has 2 atom stereocenters. The number of anilines is 5. The Morgan fingerprint density at radius 2 is 1.86 bits per heavy atom. The van der Waals surface area contributed by atoms with Crippen LogP contribution in [0.4, 0.5) is 28.8 Å². The van der Waals surface area contributed by atoms with Crippen LogP contribution in [0.15, 0.2) is 52.4 Å². The molecule has 0 saturated carbocycles. The quantitative estimate of drug-likeness (QED) is 0.227. The highest BCUT2D eigenvalue weighted by Gasteiger charge is 2.29. The monoisotopic (exact) mass is 679 g/mol. The zero-order chi connectivity index (χ0) is 31.0. The lowest BCUT2D eigenvalue weighted by Gasteiger charge is -2.26. The second kappa shape index (κ2) is 12.3. The van der Waals surface area contributed by atoms with E-state index in [2.05, 4.69) is 63.6 Å². The standard InChI is InChI=1S/C30H35BrN9O3P/c1-39-16-18(14-35-39)20-12-24(26(43-3)13-25(20)40-11-8-19(17-40)42-2)37-30-34-15-21(31)29(38-30)36-23-7-6-22-27(33-10-9-32-22)28(23)44(4,5)41/h6-7,9-10,12-15,18-19H,8,11,16-17H2,1-5H3,(H2,34,36,37,38). The minimum absolute atomic E-state index is 0.110. The van der Waals surface area contributed by atoms with Gasteiger partial charge in [-0.2, -0.15) is 10.1 Å². The zero-order valence-electron chi connectivity index (χ0n) is 25.3. The van der Waals surface area contributed by atoms with Gasteiger partial charge in [0.1, 0.15) is 24.2 Å². The smallest absolute Gasteiger partial charge is 0.229 e. The summed E-state index contributed by atoms with van der Waals surface area (Å²) in [7, 11) is 2.64. The van der Waals surface area contributed by atoms with Crippen molar-refractivity contribution in [2.75, 3.05) is 69.8 Å². The van der Waals surface area contributed by atoms with Gasteiger partial charge in [0.15, 0.2) is 0 Å². The molecule has 14 heteroatoms. The second-order valence-corrected chi connectivity index (χ2v) is 15.3. The molecule has 2 aliphatic heterocycles. The summed E-state index contributed by atoms with van der Waals surface area (Å²) in [6.45, 7) is 5.94. The van der Waals surface area contributed by atoms with Crippen LogP contribution in [0, 0.1) is 0 Å². The lowest BCUT2D eigenvalue weighted by Crippen LogP contribution is -2.25. The fraction of sp³-hybridized carbons (Fsp3) is 0.367. The number of aromatic nitrogens is 4. The highest BCUT2D eigenvalue weighted by atomic mass is 79.9. The van der Waals surface area contributed by atoms with Gasteiger partial charge >= 0.3 is 0 Å². The van der Waals surface area contributed by atoms with E-state index in [1.807, 2.05) is 30.4 Å². The van der Waals surface area contributed by atoms with Crippen LogP contribution in [0.3, 0.4) is 0 Å². The van der Waals surface area contributed by atoms with E-state index in [1.54, 1.807) is 46.1 Å². The van der Waals surface area contributed by atoms with Crippen molar-refractivity contribution in [3.05, 3.63) is 52.9 Å². The molecule has 230 valence electrons. The van der Waals surface area contributed by atoms with Crippen LogP contribution in [0.5, 0.6) is 5.75 Å². The summed E-state index contributed by atoms with van der Waals surface area (Å²) in [5.41, 5.74) is 4.90. The van der Waals surface area contributed by atoms with E-state index >= 15 is 0 Å². The number of nitrogens with zero attached hydrogens (tertiary/aromatic N) is 7. The number of halogens is 1. The zero-order valence-corrected chi connectivity index (χ0v) is 27.8. The predicted molar refractivity (Wildman–Crippen MR) is 179 cm³/mol. The first-order chi connectivity index (χ1) is 21.1. The Bertz CT molecular complexity index is 1780. The van der Waals surface area contributed by atoms with Gasteiger partial charge in [-0.1, -0.05) is 0 Å². The molecule has 4 heterocycles. The van der Waals surface area contributed by atoms with Gasteiger partial charge in [0, 0.05) is 76.3 Å². The third-order valence-corrected chi connectivity index (χ3v) is 9.98. The van der Waals surface area contributed by atoms with Gasteiger partial charge < -0.3 is 29.6 Å². The first-order valence-electron chi connectivity index (χ1n) is 14.3. The molecule has 0 aliphatic carbocycles. The largest absolute Gasteiger partial charge is 0.494 e. The topological polar surface area (TPSA) is 130 Å². The van der Waals surface area contributed by atoms with E-state index in [0.717, 1.165) is 43.0 Å². The van der Waals surface area contributed by atoms with E-state index in [4.69, 9.17) is 14.5 Å². The summed E-state index contributed by atoms with van der Waals surface area (Å²) >= 11 is 3.57. The molecular formula is C30H35BrN9O3P. The van der Waals surface area contributed by atoms with Gasteiger partial charge in [0.2, 0.25) is 5.95 Å². The second-order valence-electron chi connectivity index (χ2n) is 11.3. The third kappa shape index (κ3) is 6.09. The maximum absolute atomic E-state index is 13.4. The van der Waals surface area contributed by atoms with Crippen molar-refractivity contribution < 1.29 is 14.0 Å². The van der Waals surface area contributed by atoms with Gasteiger partial charge in [-0.25, -0.2) is 4.98 Å². The highest BCUT2D eigenvalue weighted by molar-refractivity contribution is 9.10. The Labute approximate surface area is 264 Å². The fourth-order valence-electron chi connectivity index (χ4n) is 5.75. The highest BCUT2D eigenvalue weighted by Crippen LogP contribution is 2.42. The number of ether oxygens (including phenoxy) is 2. The molecular weight excluding hydrogens is 645 g/mol. The Morgan fingerprint density at radius 1 is 1.05 bits per heavy atom. The number of likely N-dealkylation sites (N-methyl/N-ethyl adjacent to an activating group) is 1. The molecule has 0 spiro atoms. The SMILES string of the molecule is COc1cc(N2CCC(OC)C2)c(C2C=NN(C)C2)cc1Nc1ncc(Br)c(Nc2ccc3nccnc3c2P(C)(C)=O)n1. The average molecular weight is 681 g/mol. The number of hydrazone groups is 1. The number of methoxy groups -OCH3 is 2. The fourth-order valence-corrected chi connectivity index (χ4v) is 7.43. The van der Waals surface area contributed by atoms with Crippen molar-refractivity contribution in [1.29, 1.82) is 0 Å². The van der Waals surface area contributed by atoms with Crippen LogP contribution in [0.2, 0.25) is 0 Å². The molecule has 0 radical (unpaired) electrons. The first-order valence-corrected chi connectivity index (χ1v) is 17.6. The van der Waals surface area contributed by atoms with E-state index in [0.29, 0.717) is 44.0 Å². The molecule has 44 heavy (non-hydrogen) atoms. The van der Waals surface area contributed by atoms with Crippen molar-refractivity contribution in [2.24, 2.45) is 5.10 Å². The molecule has 2 aromatic carbocycles. The Kier molecular flexibility index (Phi) is 8.45. The van der Waals surface area contributed by atoms with Crippen molar-refractivity contribution in [2.45, 2.75) is 18.4 Å². The van der Waals surface area contributed by atoms with Gasteiger partial charge in [-0.3, -0.25) is 15.0 Å². The van der Waals surface area contributed by atoms with Crippen LogP contribution < -0.4 is 25.6 Å². The summed E-state index contributed by atoms with van der Waals surface area (Å²) in [5, 5.41) is 13.8. The lowest BCUT2D eigenvalue weighted by atomic mass is 9.97. The number of nitrogens with one attached hydrogen (secondary N) is 2. The van der Waals surface area contributed by atoms with Crippen molar-refractivity contribution in [3.63, 3.8) is 0 Å². The van der Waals surface area contributed by atoms with Crippen LogP contribution in [0.25, 0.3) is 11.0 Å². The summed E-state index contributed by atoms with van der Waals surface area (Å²) < 4.78 is 25.6. The van der Waals surface area contributed by atoms with E-state index in [-0.39, 0.29) is 12.0 Å². The minimum atomic E-state index is -2.75. The molecule has 2 unspecified atom stereocenters. The summed E-state index contributed by atoms with van der Waals surface area (Å²) in [4.78, 5) is 20.5. The summed E-state index contributed by atoms with van der Waals surface area (Å²) in [5.74, 6) is 1.65. The average Bonchev–Trinajstić information content (AvgIpc) is 3.67. The number of rotatable bonds is 9. The maximum atomic E-state index is 13.4. The van der Waals surface area contributed by atoms with Gasteiger partial charge in [-0.15, -0.1) is 0 Å². The molecule has 0 amide bonds. The summed E-state index contributed by atoms with van der Waals surface area (Å²) in [6, 6.07) is 7.88. The van der Waals surface area contributed by atoms with Gasteiger partial charge in [0.25, 0.3) is 0 Å². The van der Waals surface area contributed by atoms with E-state index in [9.17, 15) is 4.57 Å². The van der Waals surface area contributed by atoms with E-state index < -0.39 is 7.14 Å².